The monoisotopic (exact) mass is 643 g/mol. The van der Waals surface area contributed by atoms with Crippen LogP contribution in [0.25, 0.3) is 0 Å². The van der Waals surface area contributed by atoms with E-state index in [4.69, 9.17) is 67.3 Å². The normalized spacial score (nSPS) is 11.3. The molecule has 0 saturated heterocycles. The third-order valence-corrected chi connectivity index (χ3v) is 4.99. The Morgan fingerprint density at radius 3 is 0.727 bits per heavy atom. The van der Waals surface area contributed by atoms with Crippen molar-refractivity contribution in [3.05, 3.63) is 12.7 Å². The molecule has 0 heterocycles. The Labute approximate surface area is 262 Å². The SMILES string of the molecule is C=CC(=O)OCCOCCOCCOCCOCCOCCOCCOCCOCCOCCOCCOCCOCCN. The van der Waals surface area contributed by atoms with Gasteiger partial charge in [0, 0.05) is 12.6 Å². The maximum atomic E-state index is 10.8. The zero-order chi connectivity index (χ0) is 31.9. The Hall–Kier alpha value is -1.31. The van der Waals surface area contributed by atoms with Crippen molar-refractivity contribution in [1.29, 1.82) is 0 Å². The van der Waals surface area contributed by atoms with Crippen LogP contribution in [0.4, 0.5) is 0 Å². The second-order valence-electron chi connectivity index (χ2n) is 8.51. The topological polar surface area (TPSA) is 163 Å². The first-order chi connectivity index (χ1) is 21.8. The molecular formula is C29H57NO14. The molecule has 15 heteroatoms. The van der Waals surface area contributed by atoms with Gasteiger partial charge in [0.25, 0.3) is 0 Å². The second kappa shape index (κ2) is 39.7. The average molecular weight is 644 g/mol. The van der Waals surface area contributed by atoms with Gasteiger partial charge in [-0.2, -0.15) is 0 Å². The van der Waals surface area contributed by atoms with Crippen LogP contribution in [0.2, 0.25) is 0 Å². The number of carbonyl (C=O) groups is 1. The van der Waals surface area contributed by atoms with Gasteiger partial charge in [-0.15, -0.1) is 0 Å². The Kier molecular flexibility index (Phi) is 38.5. The molecule has 0 bridgehead atoms. The van der Waals surface area contributed by atoms with E-state index in [1.807, 2.05) is 0 Å². The van der Waals surface area contributed by atoms with Crippen molar-refractivity contribution in [1.82, 2.24) is 0 Å². The van der Waals surface area contributed by atoms with Crippen molar-refractivity contribution in [2.45, 2.75) is 0 Å². The van der Waals surface area contributed by atoms with E-state index < -0.39 is 5.97 Å². The molecule has 0 radical (unpaired) electrons. The molecular weight excluding hydrogens is 586 g/mol. The van der Waals surface area contributed by atoms with Gasteiger partial charge in [-0.1, -0.05) is 6.58 Å². The third-order valence-electron chi connectivity index (χ3n) is 4.99. The first-order valence-corrected chi connectivity index (χ1v) is 15.2. The molecule has 0 spiro atoms. The molecule has 2 N–H and O–H groups in total. The van der Waals surface area contributed by atoms with Crippen molar-refractivity contribution in [3.8, 4) is 0 Å². The lowest BCUT2D eigenvalue weighted by Crippen LogP contribution is -2.16. The number of hydrogen-bond acceptors (Lipinski definition) is 15. The molecule has 0 saturated carbocycles. The molecule has 0 aromatic carbocycles. The highest BCUT2D eigenvalue weighted by Gasteiger charge is 1.97. The summed E-state index contributed by atoms with van der Waals surface area (Å²) in [6.07, 6.45) is 1.11. The lowest BCUT2D eigenvalue weighted by Gasteiger charge is -2.09. The van der Waals surface area contributed by atoms with Crippen molar-refractivity contribution in [2.75, 3.05) is 172 Å². The minimum Gasteiger partial charge on any atom is -0.460 e. The van der Waals surface area contributed by atoms with Crippen molar-refractivity contribution >= 4 is 5.97 Å². The summed E-state index contributed by atoms with van der Waals surface area (Å²) < 4.78 is 69.5. The number of esters is 1. The van der Waals surface area contributed by atoms with E-state index in [-0.39, 0.29) is 6.61 Å². The fourth-order valence-electron chi connectivity index (χ4n) is 2.86. The minimum atomic E-state index is -0.460. The van der Waals surface area contributed by atoms with Crippen LogP contribution in [-0.2, 0) is 66.4 Å². The lowest BCUT2D eigenvalue weighted by molar-refractivity contribution is -0.139. The van der Waals surface area contributed by atoms with Gasteiger partial charge in [-0.05, 0) is 0 Å². The molecule has 0 aromatic rings. The van der Waals surface area contributed by atoms with Crippen LogP contribution in [0.15, 0.2) is 12.7 Å². The van der Waals surface area contributed by atoms with E-state index in [1.165, 1.54) is 0 Å². The number of ether oxygens (including phenoxy) is 13. The summed E-state index contributed by atoms with van der Waals surface area (Å²) in [6, 6.07) is 0. The van der Waals surface area contributed by atoms with Gasteiger partial charge in [0.2, 0.25) is 0 Å². The molecule has 0 aliphatic heterocycles. The number of nitrogens with two attached hydrogens (primary N) is 1. The predicted molar refractivity (Wildman–Crippen MR) is 160 cm³/mol. The Balaban J connectivity index is 3.05. The van der Waals surface area contributed by atoms with E-state index in [9.17, 15) is 4.79 Å². The van der Waals surface area contributed by atoms with E-state index >= 15 is 0 Å². The second-order valence-corrected chi connectivity index (χ2v) is 8.51. The average Bonchev–Trinajstić information content (AvgIpc) is 3.04. The molecule has 0 rings (SSSR count). The molecule has 0 atom stereocenters. The number of rotatable bonds is 39. The van der Waals surface area contributed by atoms with E-state index in [2.05, 4.69) is 6.58 Å². The standard InChI is InChI=1S/C29H57NO14/c1-2-29(31)44-28-27-43-26-25-42-24-23-41-22-21-40-20-19-39-18-17-38-16-15-37-14-13-36-12-11-35-10-9-34-8-7-33-6-5-32-4-3-30/h2H,1,3-28,30H2. The molecule has 44 heavy (non-hydrogen) atoms. The highest BCUT2D eigenvalue weighted by atomic mass is 16.6. The molecule has 0 aromatic heterocycles. The van der Waals surface area contributed by atoms with Crippen LogP contribution in [0.5, 0.6) is 0 Å². The summed E-state index contributed by atoms with van der Waals surface area (Å²) in [5, 5.41) is 0. The summed E-state index contributed by atoms with van der Waals surface area (Å²) >= 11 is 0. The Bertz CT molecular complexity index is 576. The highest BCUT2D eigenvalue weighted by molar-refractivity contribution is 5.81. The maximum absolute atomic E-state index is 10.8. The van der Waals surface area contributed by atoms with E-state index in [1.54, 1.807) is 0 Å². The van der Waals surface area contributed by atoms with Gasteiger partial charge in [-0.3, -0.25) is 0 Å². The summed E-state index contributed by atoms with van der Waals surface area (Å²) in [5.74, 6) is -0.460. The lowest BCUT2D eigenvalue weighted by atomic mass is 10.6. The molecule has 0 unspecified atom stereocenters. The fourth-order valence-corrected chi connectivity index (χ4v) is 2.86. The third kappa shape index (κ3) is 38.7. The van der Waals surface area contributed by atoms with Crippen LogP contribution >= 0.6 is 0 Å². The van der Waals surface area contributed by atoms with Gasteiger partial charge in [-0.25, -0.2) is 4.79 Å². The quantitative estimate of drug-likeness (QED) is 0.0535. The minimum absolute atomic E-state index is 0.197. The first kappa shape index (κ1) is 42.7. The highest BCUT2D eigenvalue weighted by Crippen LogP contribution is 1.88. The summed E-state index contributed by atoms with van der Waals surface area (Å²) in [6.45, 7) is 15.8. The van der Waals surface area contributed by atoms with Gasteiger partial charge in [0.05, 0.1) is 159 Å². The van der Waals surface area contributed by atoms with Crippen LogP contribution in [0, 0.1) is 0 Å². The summed E-state index contributed by atoms with van der Waals surface area (Å²) in [5.41, 5.74) is 5.32. The van der Waals surface area contributed by atoms with E-state index in [0.29, 0.717) is 165 Å². The van der Waals surface area contributed by atoms with Gasteiger partial charge in [0.15, 0.2) is 0 Å². The molecule has 0 aliphatic rings. The van der Waals surface area contributed by atoms with Crippen LogP contribution in [0.3, 0.4) is 0 Å². The molecule has 262 valence electrons. The number of carbonyl (C=O) groups excluding carboxylic acids is 1. The molecule has 0 aliphatic carbocycles. The smallest absolute Gasteiger partial charge is 0.330 e. The zero-order valence-corrected chi connectivity index (χ0v) is 26.5. The largest absolute Gasteiger partial charge is 0.460 e. The van der Waals surface area contributed by atoms with Crippen molar-refractivity contribution in [2.24, 2.45) is 5.73 Å². The van der Waals surface area contributed by atoms with E-state index in [0.717, 1.165) is 6.08 Å². The molecule has 0 fully saturated rings. The van der Waals surface area contributed by atoms with Crippen LogP contribution in [-0.4, -0.2) is 178 Å². The van der Waals surface area contributed by atoms with Gasteiger partial charge in [0.1, 0.15) is 6.61 Å². The Morgan fingerprint density at radius 2 is 0.545 bits per heavy atom. The van der Waals surface area contributed by atoms with Crippen LogP contribution in [0.1, 0.15) is 0 Å². The zero-order valence-electron chi connectivity index (χ0n) is 26.5. The first-order valence-electron chi connectivity index (χ1n) is 15.2. The molecule has 15 nitrogen and oxygen atoms in total. The number of hydrogen-bond donors (Lipinski definition) is 1. The van der Waals surface area contributed by atoms with Gasteiger partial charge < -0.3 is 67.3 Å². The van der Waals surface area contributed by atoms with Gasteiger partial charge >= 0.3 is 5.97 Å². The maximum Gasteiger partial charge on any atom is 0.330 e. The molecule has 0 amide bonds. The Morgan fingerprint density at radius 1 is 0.364 bits per heavy atom. The summed E-state index contributed by atoms with van der Waals surface area (Å²) in [7, 11) is 0. The van der Waals surface area contributed by atoms with Crippen molar-refractivity contribution < 1.29 is 66.4 Å². The van der Waals surface area contributed by atoms with Crippen LogP contribution < -0.4 is 5.73 Å². The summed E-state index contributed by atoms with van der Waals surface area (Å²) in [4.78, 5) is 10.8. The fraction of sp³-hybridized carbons (Fsp3) is 0.897. The van der Waals surface area contributed by atoms with Crippen molar-refractivity contribution in [3.63, 3.8) is 0 Å². The predicted octanol–water partition coefficient (Wildman–Crippen LogP) is -0.126.